The standard InChI is InChI=1S/C10H20N4O4S/c1-15-2-3-16-4-5-17-6-7-18-8-9-10(12-11)19-14-13-9/h12H,2-8,11H2,1H3. The van der Waals surface area contributed by atoms with Crippen LogP contribution in [0.15, 0.2) is 0 Å². The molecule has 0 aliphatic heterocycles. The molecule has 0 unspecified atom stereocenters. The minimum absolute atomic E-state index is 0.365. The first kappa shape index (κ1) is 16.2. The zero-order valence-corrected chi connectivity index (χ0v) is 11.8. The van der Waals surface area contributed by atoms with Gasteiger partial charge in [0.15, 0.2) is 0 Å². The highest BCUT2D eigenvalue weighted by Gasteiger charge is 2.05. The van der Waals surface area contributed by atoms with Gasteiger partial charge in [-0.2, -0.15) is 0 Å². The number of ether oxygens (including phenoxy) is 4. The highest BCUT2D eigenvalue weighted by Crippen LogP contribution is 2.16. The number of anilines is 1. The van der Waals surface area contributed by atoms with Gasteiger partial charge >= 0.3 is 0 Å². The SMILES string of the molecule is COCCOCCOCCOCc1nnsc1NN. The number of hydrogen-bond donors (Lipinski definition) is 2. The Labute approximate surface area is 116 Å². The average molecular weight is 292 g/mol. The molecule has 0 radical (unpaired) electrons. The zero-order valence-electron chi connectivity index (χ0n) is 11.0. The maximum Gasteiger partial charge on any atom is 0.149 e. The van der Waals surface area contributed by atoms with Crippen molar-refractivity contribution < 1.29 is 18.9 Å². The van der Waals surface area contributed by atoms with E-state index in [1.807, 2.05) is 0 Å². The first-order valence-electron chi connectivity index (χ1n) is 5.88. The Morgan fingerprint density at radius 3 is 2.32 bits per heavy atom. The molecule has 0 saturated carbocycles. The van der Waals surface area contributed by atoms with Gasteiger partial charge in [-0.1, -0.05) is 4.49 Å². The summed E-state index contributed by atoms with van der Waals surface area (Å²) in [6.45, 7) is 3.64. The normalized spacial score (nSPS) is 10.8. The van der Waals surface area contributed by atoms with Gasteiger partial charge in [-0.15, -0.1) is 5.10 Å². The Hall–Kier alpha value is -0.840. The summed E-state index contributed by atoms with van der Waals surface area (Å²) in [7, 11) is 1.64. The van der Waals surface area contributed by atoms with Gasteiger partial charge in [0.25, 0.3) is 0 Å². The molecule has 0 spiro atoms. The molecular weight excluding hydrogens is 272 g/mol. The molecule has 0 saturated heterocycles. The number of methoxy groups -OCH3 is 1. The van der Waals surface area contributed by atoms with E-state index in [1.54, 1.807) is 7.11 Å². The van der Waals surface area contributed by atoms with E-state index in [9.17, 15) is 0 Å². The minimum Gasteiger partial charge on any atom is -0.382 e. The van der Waals surface area contributed by atoms with Crippen LogP contribution in [0.1, 0.15) is 5.69 Å². The van der Waals surface area contributed by atoms with Crippen molar-refractivity contribution in [1.29, 1.82) is 0 Å². The third-order valence-electron chi connectivity index (χ3n) is 2.10. The third-order valence-corrected chi connectivity index (χ3v) is 2.80. The second-order valence-electron chi connectivity index (χ2n) is 3.46. The number of rotatable bonds is 12. The monoisotopic (exact) mass is 292 g/mol. The fraction of sp³-hybridized carbons (Fsp3) is 0.800. The van der Waals surface area contributed by atoms with Gasteiger partial charge in [-0.05, 0) is 0 Å². The largest absolute Gasteiger partial charge is 0.382 e. The lowest BCUT2D eigenvalue weighted by Crippen LogP contribution is -2.12. The lowest BCUT2D eigenvalue weighted by molar-refractivity contribution is 0.000529. The molecule has 0 aromatic carbocycles. The van der Waals surface area contributed by atoms with Gasteiger partial charge in [0.2, 0.25) is 0 Å². The number of hydrogen-bond acceptors (Lipinski definition) is 9. The van der Waals surface area contributed by atoms with E-state index in [0.717, 1.165) is 0 Å². The maximum atomic E-state index is 5.39. The van der Waals surface area contributed by atoms with E-state index in [2.05, 4.69) is 15.0 Å². The highest BCUT2D eigenvalue weighted by molar-refractivity contribution is 7.10. The molecule has 8 nitrogen and oxygen atoms in total. The molecule has 0 atom stereocenters. The number of nitrogens with one attached hydrogen (secondary N) is 1. The number of nitrogen functional groups attached to an aromatic ring is 1. The molecule has 0 fully saturated rings. The topological polar surface area (TPSA) is 101 Å². The Morgan fingerprint density at radius 2 is 1.68 bits per heavy atom. The van der Waals surface area contributed by atoms with E-state index in [0.29, 0.717) is 56.9 Å². The highest BCUT2D eigenvalue weighted by atomic mass is 32.1. The van der Waals surface area contributed by atoms with Crippen LogP contribution in [0, 0.1) is 0 Å². The molecule has 1 rings (SSSR count). The van der Waals surface area contributed by atoms with E-state index in [4.69, 9.17) is 24.8 Å². The van der Waals surface area contributed by atoms with Gasteiger partial charge in [-0.25, -0.2) is 5.84 Å². The fourth-order valence-electron chi connectivity index (χ4n) is 1.16. The first-order chi connectivity index (χ1) is 9.38. The second kappa shape index (κ2) is 11.0. The van der Waals surface area contributed by atoms with Gasteiger partial charge in [0.05, 0.1) is 46.2 Å². The van der Waals surface area contributed by atoms with Crippen LogP contribution in [0.2, 0.25) is 0 Å². The quantitative estimate of drug-likeness (QED) is 0.316. The molecule has 9 heteroatoms. The summed E-state index contributed by atoms with van der Waals surface area (Å²) in [5, 5.41) is 4.61. The van der Waals surface area contributed by atoms with E-state index in [1.165, 1.54) is 11.5 Å². The smallest absolute Gasteiger partial charge is 0.149 e. The van der Waals surface area contributed by atoms with Crippen molar-refractivity contribution in [1.82, 2.24) is 9.59 Å². The summed E-state index contributed by atoms with van der Waals surface area (Å²) in [6, 6.07) is 0. The Balaban J connectivity index is 1.89. The van der Waals surface area contributed by atoms with Crippen molar-refractivity contribution in [3.05, 3.63) is 5.69 Å². The van der Waals surface area contributed by atoms with E-state index in [-0.39, 0.29) is 0 Å². The van der Waals surface area contributed by atoms with Crippen LogP contribution in [-0.4, -0.2) is 56.3 Å². The van der Waals surface area contributed by atoms with Crippen LogP contribution in [0.5, 0.6) is 0 Å². The van der Waals surface area contributed by atoms with Gasteiger partial charge in [-0.3, -0.25) is 0 Å². The number of nitrogens with two attached hydrogens (primary N) is 1. The summed E-state index contributed by atoms with van der Waals surface area (Å²) < 4.78 is 24.6. The minimum atomic E-state index is 0.365. The summed E-state index contributed by atoms with van der Waals surface area (Å²) in [4.78, 5) is 0. The van der Waals surface area contributed by atoms with Crippen LogP contribution in [0.25, 0.3) is 0 Å². The molecule has 1 aromatic heterocycles. The molecule has 3 N–H and O–H groups in total. The van der Waals surface area contributed by atoms with Crippen LogP contribution in [0.4, 0.5) is 5.00 Å². The van der Waals surface area contributed by atoms with E-state index >= 15 is 0 Å². The molecule has 0 aliphatic carbocycles. The second-order valence-corrected chi connectivity index (χ2v) is 4.22. The zero-order chi connectivity index (χ0) is 13.8. The fourth-order valence-corrected chi connectivity index (χ4v) is 1.64. The molecule has 0 bridgehead atoms. The molecule has 110 valence electrons. The average Bonchev–Trinajstić information content (AvgIpc) is 2.88. The van der Waals surface area contributed by atoms with Crippen molar-refractivity contribution in [3.8, 4) is 0 Å². The maximum absolute atomic E-state index is 5.39. The number of nitrogens with zero attached hydrogens (tertiary/aromatic N) is 2. The van der Waals surface area contributed by atoms with Crippen molar-refractivity contribution in [2.75, 3.05) is 52.2 Å². The summed E-state index contributed by atoms with van der Waals surface area (Å²) in [6.07, 6.45) is 0. The predicted molar refractivity (Wildman–Crippen MR) is 70.9 cm³/mol. The van der Waals surface area contributed by atoms with Gasteiger partial charge < -0.3 is 24.4 Å². The molecule has 1 heterocycles. The molecule has 0 aliphatic rings. The Bertz CT molecular complexity index is 326. The van der Waals surface area contributed by atoms with Crippen LogP contribution >= 0.6 is 11.5 Å². The summed E-state index contributed by atoms with van der Waals surface area (Å²) >= 11 is 1.20. The van der Waals surface area contributed by atoms with E-state index < -0.39 is 0 Å². The number of hydrazine groups is 1. The van der Waals surface area contributed by atoms with Crippen molar-refractivity contribution in [2.45, 2.75) is 6.61 Å². The molecule has 19 heavy (non-hydrogen) atoms. The first-order valence-corrected chi connectivity index (χ1v) is 6.65. The molecule has 1 aromatic rings. The molecular formula is C10H20N4O4S. The predicted octanol–water partition coefficient (Wildman–Crippen LogP) is 0.0199. The Morgan fingerprint density at radius 1 is 1.05 bits per heavy atom. The van der Waals surface area contributed by atoms with Gasteiger partial charge in [0.1, 0.15) is 10.7 Å². The van der Waals surface area contributed by atoms with Gasteiger partial charge in [0, 0.05) is 18.6 Å². The Kier molecular flexibility index (Phi) is 9.41. The van der Waals surface area contributed by atoms with Crippen molar-refractivity contribution in [2.24, 2.45) is 5.84 Å². The third kappa shape index (κ3) is 7.35. The van der Waals surface area contributed by atoms with Crippen molar-refractivity contribution in [3.63, 3.8) is 0 Å². The molecule has 0 amide bonds. The summed E-state index contributed by atoms with van der Waals surface area (Å²) in [5.41, 5.74) is 3.22. The number of aromatic nitrogens is 2. The van der Waals surface area contributed by atoms with Crippen molar-refractivity contribution >= 4 is 16.5 Å². The lowest BCUT2D eigenvalue weighted by atomic mass is 10.5. The van der Waals surface area contributed by atoms with Crippen LogP contribution in [-0.2, 0) is 25.6 Å². The lowest BCUT2D eigenvalue weighted by Gasteiger charge is -2.06. The summed E-state index contributed by atoms with van der Waals surface area (Å²) in [5.74, 6) is 5.29. The van der Waals surface area contributed by atoms with Crippen LogP contribution in [0.3, 0.4) is 0 Å². The van der Waals surface area contributed by atoms with Crippen LogP contribution < -0.4 is 11.3 Å².